The molecule has 0 radical (unpaired) electrons. The van der Waals surface area contributed by atoms with E-state index in [2.05, 4.69) is 13.8 Å². The molecule has 1 aliphatic rings. The van der Waals surface area contributed by atoms with E-state index >= 15 is 0 Å². The van der Waals surface area contributed by atoms with E-state index in [1.165, 1.54) is 18.2 Å². The summed E-state index contributed by atoms with van der Waals surface area (Å²) in [7, 11) is -3.77. The quantitative estimate of drug-likeness (QED) is 0.880. The number of likely N-dealkylation sites (tertiary alicyclic amines) is 1. The van der Waals surface area contributed by atoms with Gasteiger partial charge in [-0.2, -0.15) is 0 Å². The highest BCUT2D eigenvalue weighted by atomic mass is 32.2. The molecule has 1 saturated heterocycles. The molecule has 1 aliphatic heterocycles. The highest BCUT2D eigenvalue weighted by Crippen LogP contribution is 2.24. The minimum Gasteiger partial charge on any atom is -0.338 e. The van der Waals surface area contributed by atoms with Crippen LogP contribution in [0.15, 0.2) is 29.2 Å². The first-order valence-corrected chi connectivity index (χ1v) is 7.76. The van der Waals surface area contributed by atoms with Crippen LogP contribution in [0.2, 0.25) is 0 Å². The van der Waals surface area contributed by atoms with Crippen LogP contribution < -0.4 is 5.14 Å². The van der Waals surface area contributed by atoms with Crippen LogP contribution in [0.1, 0.15) is 24.2 Å². The van der Waals surface area contributed by atoms with Gasteiger partial charge in [0.15, 0.2) is 0 Å². The van der Waals surface area contributed by atoms with E-state index in [4.69, 9.17) is 5.14 Å². The number of hydrogen-bond donors (Lipinski definition) is 1. The minimum absolute atomic E-state index is 0.0290. The molecule has 2 rings (SSSR count). The van der Waals surface area contributed by atoms with Gasteiger partial charge >= 0.3 is 0 Å². The Balaban J connectivity index is 2.26. The summed E-state index contributed by atoms with van der Waals surface area (Å²) in [6.07, 6.45) is 0. The summed E-state index contributed by atoms with van der Waals surface area (Å²) >= 11 is 0. The number of carbonyl (C=O) groups is 1. The minimum atomic E-state index is -3.77. The van der Waals surface area contributed by atoms with Crippen LogP contribution in [0.5, 0.6) is 0 Å². The first-order valence-electron chi connectivity index (χ1n) is 6.21. The van der Waals surface area contributed by atoms with Gasteiger partial charge in [-0.05, 0) is 30.0 Å². The molecular weight excluding hydrogens is 264 g/mol. The average molecular weight is 282 g/mol. The summed E-state index contributed by atoms with van der Waals surface area (Å²) in [5, 5.41) is 5.07. The SMILES string of the molecule is CC1CN(C(=O)c2cccc(S(N)(=O)=O)c2)CC1C. The molecule has 0 aliphatic carbocycles. The lowest BCUT2D eigenvalue weighted by molar-refractivity contribution is 0.0784. The van der Waals surface area contributed by atoms with Crippen molar-refractivity contribution in [1.29, 1.82) is 0 Å². The molecule has 0 spiro atoms. The van der Waals surface area contributed by atoms with Crippen molar-refractivity contribution in [2.75, 3.05) is 13.1 Å². The lowest BCUT2D eigenvalue weighted by atomic mass is 10.0. The average Bonchev–Trinajstić information content (AvgIpc) is 2.68. The fourth-order valence-electron chi connectivity index (χ4n) is 2.28. The largest absolute Gasteiger partial charge is 0.338 e. The van der Waals surface area contributed by atoms with E-state index in [-0.39, 0.29) is 10.8 Å². The fraction of sp³-hybridized carbons (Fsp3) is 0.462. The zero-order valence-corrected chi connectivity index (χ0v) is 11.9. The first kappa shape index (κ1) is 14.0. The molecule has 2 atom stereocenters. The second-order valence-electron chi connectivity index (χ2n) is 5.24. The van der Waals surface area contributed by atoms with Gasteiger partial charge in [-0.15, -0.1) is 0 Å². The van der Waals surface area contributed by atoms with Gasteiger partial charge in [-0.3, -0.25) is 4.79 Å². The number of sulfonamides is 1. The van der Waals surface area contributed by atoms with Crippen molar-refractivity contribution in [2.24, 2.45) is 17.0 Å². The van der Waals surface area contributed by atoms with E-state index < -0.39 is 10.0 Å². The van der Waals surface area contributed by atoms with Crippen molar-refractivity contribution in [3.05, 3.63) is 29.8 Å². The van der Waals surface area contributed by atoms with Crippen molar-refractivity contribution < 1.29 is 13.2 Å². The normalized spacial score (nSPS) is 23.6. The molecule has 1 aromatic carbocycles. The number of hydrogen-bond acceptors (Lipinski definition) is 3. The molecule has 1 fully saturated rings. The summed E-state index contributed by atoms with van der Waals surface area (Å²) in [5.74, 6) is 0.789. The molecular formula is C13H18N2O3S. The molecule has 0 saturated carbocycles. The molecule has 2 N–H and O–H groups in total. The number of benzene rings is 1. The molecule has 2 unspecified atom stereocenters. The van der Waals surface area contributed by atoms with Gasteiger partial charge < -0.3 is 4.90 Å². The number of carbonyl (C=O) groups excluding carboxylic acids is 1. The molecule has 19 heavy (non-hydrogen) atoms. The van der Waals surface area contributed by atoms with Crippen molar-refractivity contribution in [2.45, 2.75) is 18.7 Å². The Bertz CT molecular complexity index is 588. The standard InChI is InChI=1S/C13H18N2O3S/c1-9-7-15(8-10(9)2)13(16)11-4-3-5-12(6-11)19(14,17)18/h3-6,9-10H,7-8H2,1-2H3,(H2,14,17,18). The Kier molecular flexibility index (Phi) is 3.64. The van der Waals surface area contributed by atoms with Gasteiger partial charge in [-0.1, -0.05) is 19.9 Å². The maximum absolute atomic E-state index is 12.3. The molecule has 1 aromatic rings. The van der Waals surface area contributed by atoms with Gasteiger partial charge in [0, 0.05) is 18.7 Å². The van der Waals surface area contributed by atoms with Gasteiger partial charge in [0.05, 0.1) is 4.90 Å². The van der Waals surface area contributed by atoms with Crippen LogP contribution in [0.4, 0.5) is 0 Å². The van der Waals surface area contributed by atoms with Gasteiger partial charge in [0.1, 0.15) is 0 Å². The van der Waals surface area contributed by atoms with Gasteiger partial charge in [0.2, 0.25) is 10.0 Å². The highest BCUT2D eigenvalue weighted by molar-refractivity contribution is 7.89. The topological polar surface area (TPSA) is 80.5 Å². The van der Waals surface area contributed by atoms with Gasteiger partial charge in [-0.25, -0.2) is 13.6 Å². The van der Waals surface area contributed by atoms with E-state index in [1.807, 2.05) is 0 Å². The lowest BCUT2D eigenvalue weighted by Crippen LogP contribution is -2.29. The maximum atomic E-state index is 12.3. The second-order valence-corrected chi connectivity index (χ2v) is 6.80. The predicted molar refractivity (Wildman–Crippen MR) is 72.0 cm³/mol. The summed E-state index contributed by atoms with van der Waals surface area (Å²) < 4.78 is 22.6. The molecule has 6 heteroatoms. The van der Waals surface area contributed by atoms with Crippen LogP contribution in [-0.2, 0) is 10.0 Å². The second kappa shape index (κ2) is 4.94. The smallest absolute Gasteiger partial charge is 0.253 e. The van der Waals surface area contributed by atoms with E-state index in [1.54, 1.807) is 11.0 Å². The van der Waals surface area contributed by atoms with Crippen LogP contribution in [0, 0.1) is 11.8 Å². The number of rotatable bonds is 2. The number of nitrogens with two attached hydrogens (primary N) is 1. The monoisotopic (exact) mass is 282 g/mol. The third kappa shape index (κ3) is 2.96. The zero-order chi connectivity index (χ0) is 14.2. The van der Waals surface area contributed by atoms with Crippen molar-refractivity contribution in [1.82, 2.24) is 4.90 Å². The summed E-state index contributed by atoms with van der Waals surface area (Å²) in [5.41, 5.74) is 0.368. The summed E-state index contributed by atoms with van der Waals surface area (Å²) in [6, 6.07) is 5.88. The summed E-state index contributed by atoms with van der Waals surface area (Å²) in [6.45, 7) is 5.64. The van der Waals surface area contributed by atoms with Gasteiger partial charge in [0.25, 0.3) is 5.91 Å². The van der Waals surface area contributed by atoms with Crippen molar-refractivity contribution in [3.63, 3.8) is 0 Å². The number of nitrogens with zero attached hydrogens (tertiary/aromatic N) is 1. The van der Waals surface area contributed by atoms with E-state index in [0.29, 0.717) is 30.5 Å². The molecule has 5 nitrogen and oxygen atoms in total. The lowest BCUT2D eigenvalue weighted by Gasteiger charge is -2.16. The zero-order valence-electron chi connectivity index (χ0n) is 11.0. The van der Waals surface area contributed by atoms with Crippen molar-refractivity contribution >= 4 is 15.9 Å². The molecule has 1 heterocycles. The Morgan fingerprint density at radius 2 is 1.84 bits per heavy atom. The van der Waals surface area contributed by atoms with Crippen LogP contribution in [0.3, 0.4) is 0 Å². The predicted octanol–water partition coefficient (Wildman–Crippen LogP) is 1.06. The molecule has 0 bridgehead atoms. The third-order valence-electron chi connectivity index (χ3n) is 3.68. The fourth-order valence-corrected chi connectivity index (χ4v) is 2.84. The van der Waals surface area contributed by atoms with Crippen LogP contribution in [-0.4, -0.2) is 32.3 Å². The molecule has 104 valence electrons. The maximum Gasteiger partial charge on any atom is 0.253 e. The van der Waals surface area contributed by atoms with Crippen LogP contribution >= 0.6 is 0 Å². The first-order chi connectivity index (χ1) is 8.79. The van der Waals surface area contributed by atoms with E-state index in [0.717, 1.165) is 0 Å². The number of amides is 1. The Hall–Kier alpha value is -1.40. The third-order valence-corrected chi connectivity index (χ3v) is 4.60. The highest BCUT2D eigenvalue weighted by Gasteiger charge is 2.30. The Labute approximate surface area is 113 Å². The van der Waals surface area contributed by atoms with E-state index in [9.17, 15) is 13.2 Å². The molecule has 1 amide bonds. The van der Waals surface area contributed by atoms with Crippen molar-refractivity contribution in [3.8, 4) is 0 Å². The Morgan fingerprint density at radius 1 is 1.26 bits per heavy atom. The molecule has 0 aromatic heterocycles. The Morgan fingerprint density at radius 3 is 2.37 bits per heavy atom. The number of primary sulfonamides is 1. The van der Waals surface area contributed by atoms with Crippen LogP contribution in [0.25, 0.3) is 0 Å². The summed E-state index contributed by atoms with van der Waals surface area (Å²) in [4.78, 5) is 14.0.